The van der Waals surface area contributed by atoms with Crippen molar-refractivity contribution in [3.63, 3.8) is 0 Å². The van der Waals surface area contributed by atoms with Crippen LogP contribution in [0.1, 0.15) is 16.8 Å². The highest BCUT2D eigenvalue weighted by Gasteiger charge is 2.37. The minimum atomic E-state index is -2.11. The summed E-state index contributed by atoms with van der Waals surface area (Å²) in [5.41, 5.74) is -2.32. The van der Waals surface area contributed by atoms with Crippen LogP contribution in [0.25, 0.3) is 0 Å². The summed E-state index contributed by atoms with van der Waals surface area (Å²) in [6, 6.07) is 5.43. The van der Waals surface area contributed by atoms with E-state index >= 15 is 0 Å². The molecule has 0 radical (unpaired) electrons. The summed E-state index contributed by atoms with van der Waals surface area (Å²) < 4.78 is 27.5. The summed E-state index contributed by atoms with van der Waals surface area (Å²) in [5, 5.41) is 0. The number of halogens is 2. The van der Waals surface area contributed by atoms with Crippen molar-refractivity contribution in [2.75, 3.05) is 0 Å². The highest BCUT2D eigenvalue weighted by atomic mass is 19.1. The molecule has 0 aromatic heterocycles. The minimum Gasteiger partial charge on any atom is -0.290 e. The summed E-state index contributed by atoms with van der Waals surface area (Å²) in [7, 11) is 0. The van der Waals surface area contributed by atoms with E-state index in [-0.39, 0.29) is 12.0 Å². The van der Waals surface area contributed by atoms with Crippen LogP contribution in [0.2, 0.25) is 0 Å². The lowest BCUT2D eigenvalue weighted by atomic mass is 9.88. The van der Waals surface area contributed by atoms with Crippen molar-refractivity contribution in [3.8, 4) is 0 Å². The van der Waals surface area contributed by atoms with Crippen molar-refractivity contribution in [1.29, 1.82) is 0 Å². The smallest absolute Gasteiger partial charge is 0.207 e. The maximum Gasteiger partial charge on any atom is 0.207 e. The van der Waals surface area contributed by atoms with Crippen LogP contribution < -0.4 is 0 Å². The van der Waals surface area contributed by atoms with Gasteiger partial charge in [0.25, 0.3) is 0 Å². The quantitative estimate of drug-likeness (QED) is 0.699. The molecule has 16 heavy (non-hydrogen) atoms. The first kappa shape index (κ1) is 10.7. The van der Waals surface area contributed by atoms with Crippen molar-refractivity contribution < 1.29 is 13.6 Å². The van der Waals surface area contributed by atoms with Gasteiger partial charge in [-0.25, -0.2) is 8.78 Å². The Kier molecular flexibility index (Phi) is 2.69. The molecule has 0 fully saturated rings. The number of alkyl halides is 1. The van der Waals surface area contributed by atoms with Gasteiger partial charge in [0.2, 0.25) is 5.78 Å². The summed E-state index contributed by atoms with van der Waals surface area (Å²) in [5.74, 6) is -1.52. The molecule has 0 amide bonds. The molecule has 0 N–H and O–H groups in total. The van der Waals surface area contributed by atoms with E-state index in [4.69, 9.17) is 0 Å². The summed E-state index contributed by atoms with van der Waals surface area (Å²) in [6.07, 6.45) is 5.80. The molecule has 0 bridgehead atoms. The third kappa shape index (κ3) is 1.81. The van der Waals surface area contributed by atoms with Crippen LogP contribution >= 0.6 is 0 Å². The van der Waals surface area contributed by atoms with Crippen molar-refractivity contribution >= 4 is 5.78 Å². The van der Waals surface area contributed by atoms with Gasteiger partial charge in [0, 0.05) is 6.42 Å². The molecule has 2 rings (SSSR count). The molecule has 3 heteroatoms. The largest absolute Gasteiger partial charge is 0.290 e. The van der Waals surface area contributed by atoms with Crippen LogP contribution in [0.15, 0.2) is 48.6 Å². The van der Waals surface area contributed by atoms with E-state index in [9.17, 15) is 13.6 Å². The molecule has 0 heterocycles. The lowest BCUT2D eigenvalue weighted by Gasteiger charge is -2.20. The van der Waals surface area contributed by atoms with Gasteiger partial charge in [-0.3, -0.25) is 4.79 Å². The zero-order valence-electron chi connectivity index (χ0n) is 8.49. The van der Waals surface area contributed by atoms with E-state index in [1.807, 2.05) is 0 Å². The predicted octanol–water partition coefficient (Wildman–Crippen LogP) is 3.23. The Morgan fingerprint density at radius 1 is 1.25 bits per heavy atom. The first-order chi connectivity index (χ1) is 7.63. The zero-order chi connectivity index (χ0) is 11.6. The Morgan fingerprint density at radius 2 is 2.00 bits per heavy atom. The maximum atomic E-state index is 14.2. The van der Waals surface area contributed by atoms with Crippen LogP contribution in [0.4, 0.5) is 8.78 Å². The van der Waals surface area contributed by atoms with E-state index in [2.05, 4.69) is 0 Å². The average Bonchev–Trinajstić information content (AvgIpc) is 2.30. The summed E-state index contributed by atoms with van der Waals surface area (Å²) in [6.45, 7) is 0. The molecular weight excluding hydrogens is 210 g/mol. The Balaban J connectivity index is 2.36. The molecule has 0 spiro atoms. The van der Waals surface area contributed by atoms with Crippen LogP contribution in [-0.4, -0.2) is 11.5 Å². The Bertz CT molecular complexity index is 477. The van der Waals surface area contributed by atoms with Gasteiger partial charge in [-0.2, -0.15) is 0 Å². The lowest BCUT2D eigenvalue weighted by Crippen LogP contribution is -2.32. The fourth-order valence-corrected chi connectivity index (χ4v) is 1.63. The standard InChI is InChI=1S/C13H10F2O/c14-11-7-3-2-6-10(11)12(16)13(15)8-4-1-5-9-13/h1-8H,9H2. The molecule has 1 aromatic carbocycles. The van der Waals surface area contributed by atoms with Crippen molar-refractivity contribution in [2.45, 2.75) is 12.1 Å². The van der Waals surface area contributed by atoms with Gasteiger partial charge < -0.3 is 0 Å². The average molecular weight is 220 g/mol. The topological polar surface area (TPSA) is 17.1 Å². The fourth-order valence-electron chi connectivity index (χ4n) is 1.63. The number of carbonyl (C=O) groups excluding carboxylic acids is 1. The van der Waals surface area contributed by atoms with Gasteiger partial charge in [-0.15, -0.1) is 0 Å². The van der Waals surface area contributed by atoms with Crippen LogP contribution in [0.5, 0.6) is 0 Å². The first-order valence-electron chi connectivity index (χ1n) is 4.96. The Morgan fingerprint density at radius 3 is 2.62 bits per heavy atom. The van der Waals surface area contributed by atoms with E-state index in [1.165, 1.54) is 30.4 Å². The van der Waals surface area contributed by atoms with Crippen molar-refractivity contribution in [1.82, 2.24) is 0 Å². The van der Waals surface area contributed by atoms with E-state index < -0.39 is 17.3 Å². The monoisotopic (exact) mass is 220 g/mol. The fraction of sp³-hybridized carbons (Fsp3) is 0.154. The van der Waals surface area contributed by atoms with Crippen LogP contribution in [0.3, 0.4) is 0 Å². The van der Waals surface area contributed by atoms with Gasteiger partial charge in [-0.1, -0.05) is 30.4 Å². The number of Topliss-reactive ketones (excluding diaryl/α,β-unsaturated/α-hetero) is 1. The SMILES string of the molecule is O=C(c1ccccc1F)C1(F)C=CC=CC1. The number of benzene rings is 1. The second-order valence-electron chi connectivity index (χ2n) is 3.66. The van der Waals surface area contributed by atoms with Crippen molar-refractivity contribution in [2.24, 2.45) is 0 Å². The minimum absolute atomic E-state index is 0.0450. The second-order valence-corrected chi connectivity index (χ2v) is 3.66. The van der Waals surface area contributed by atoms with Gasteiger partial charge in [0.15, 0.2) is 5.67 Å². The Hall–Kier alpha value is -1.77. The molecular formula is C13H10F2O. The van der Waals surface area contributed by atoms with Gasteiger partial charge in [0.05, 0.1) is 5.56 Å². The van der Waals surface area contributed by atoms with Gasteiger partial charge >= 0.3 is 0 Å². The van der Waals surface area contributed by atoms with E-state index in [0.717, 1.165) is 6.07 Å². The second kappa shape index (κ2) is 4.00. The highest BCUT2D eigenvalue weighted by molar-refractivity contribution is 6.04. The molecule has 1 aliphatic rings. The predicted molar refractivity (Wildman–Crippen MR) is 57.5 cm³/mol. The molecule has 82 valence electrons. The zero-order valence-corrected chi connectivity index (χ0v) is 8.49. The lowest BCUT2D eigenvalue weighted by molar-refractivity contribution is 0.0776. The molecule has 0 aliphatic heterocycles. The maximum absolute atomic E-state index is 14.2. The highest BCUT2D eigenvalue weighted by Crippen LogP contribution is 2.27. The summed E-state index contributed by atoms with van der Waals surface area (Å²) >= 11 is 0. The van der Waals surface area contributed by atoms with Gasteiger partial charge in [-0.05, 0) is 18.2 Å². The number of carbonyl (C=O) groups is 1. The number of hydrogen-bond donors (Lipinski definition) is 0. The number of hydrogen-bond acceptors (Lipinski definition) is 1. The third-order valence-corrected chi connectivity index (χ3v) is 2.52. The Labute approximate surface area is 92.1 Å². The van der Waals surface area contributed by atoms with Crippen LogP contribution in [-0.2, 0) is 0 Å². The molecule has 1 nitrogen and oxygen atoms in total. The van der Waals surface area contributed by atoms with E-state index in [1.54, 1.807) is 12.2 Å². The molecule has 1 aromatic rings. The molecule has 1 aliphatic carbocycles. The molecule has 0 saturated heterocycles. The number of allylic oxidation sites excluding steroid dienone is 4. The van der Waals surface area contributed by atoms with Gasteiger partial charge in [0.1, 0.15) is 5.82 Å². The normalized spacial score (nSPS) is 23.4. The number of rotatable bonds is 2. The van der Waals surface area contributed by atoms with Crippen LogP contribution in [0, 0.1) is 5.82 Å². The van der Waals surface area contributed by atoms with E-state index in [0.29, 0.717) is 0 Å². The molecule has 0 saturated carbocycles. The third-order valence-electron chi connectivity index (χ3n) is 2.52. The molecule has 1 unspecified atom stereocenters. The molecule has 1 atom stereocenters. The first-order valence-corrected chi connectivity index (χ1v) is 4.96. The van der Waals surface area contributed by atoms with Crippen molar-refractivity contribution in [3.05, 3.63) is 60.0 Å². The number of ketones is 1. The summed E-state index contributed by atoms with van der Waals surface area (Å²) in [4.78, 5) is 11.8.